The monoisotopic (exact) mass is 278 g/mol. The Morgan fingerprint density at radius 1 is 1.06 bits per heavy atom. The second-order valence-corrected chi connectivity index (χ2v) is 5.23. The van der Waals surface area contributed by atoms with Crippen molar-refractivity contribution >= 4 is 29.0 Å². The summed E-state index contributed by atoms with van der Waals surface area (Å²) in [6.45, 7) is 1.81. The minimum atomic E-state index is 0.536. The van der Waals surface area contributed by atoms with Crippen LogP contribution >= 0.6 is 23.2 Å². The molecule has 0 spiro atoms. The van der Waals surface area contributed by atoms with Crippen LogP contribution in [0.2, 0.25) is 10.2 Å². The summed E-state index contributed by atoms with van der Waals surface area (Å²) in [5.41, 5.74) is 2.65. The number of anilines is 1. The second-order valence-electron chi connectivity index (χ2n) is 4.40. The molecule has 0 fully saturated rings. The van der Waals surface area contributed by atoms with Gasteiger partial charge in [0.2, 0.25) is 0 Å². The van der Waals surface area contributed by atoms with Crippen molar-refractivity contribution < 1.29 is 0 Å². The normalized spacial score (nSPS) is 14.4. The van der Waals surface area contributed by atoms with Gasteiger partial charge in [0.1, 0.15) is 11.0 Å². The van der Waals surface area contributed by atoms with E-state index in [0.29, 0.717) is 5.15 Å². The van der Waals surface area contributed by atoms with Crippen LogP contribution in [-0.2, 0) is 13.0 Å². The number of fused-ring (bicyclic) bond motifs is 1. The average molecular weight is 279 g/mol. The molecule has 1 aliphatic rings. The molecule has 18 heavy (non-hydrogen) atoms. The Kier molecular flexibility index (Phi) is 3.14. The highest BCUT2D eigenvalue weighted by Gasteiger charge is 2.17. The molecular formula is C14H12Cl2N2. The third kappa shape index (κ3) is 2.31. The van der Waals surface area contributed by atoms with Gasteiger partial charge in [-0.05, 0) is 41.8 Å². The first-order valence-electron chi connectivity index (χ1n) is 5.87. The molecule has 0 amide bonds. The van der Waals surface area contributed by atoms with Crippen molar-refractivity contribution in [3.05, 3.63) is 57.7 Å². The molecular weight excluding hydrogens is 267 g/mol. The summed E-state index contributed by atoms with van der Waals surface area (Å²) >= 11 is 11.9. The van der Waals surface area contributed by atoms with Gasteiger partial charge in [0.05, 0.1) is 0 Å². The number of nitrogens with zero attached hydrogens (tertiary/aromatic N) is 2. The van der Waals surface area contributed by atoms with E-state index in [4.69, 9.17) is 23.2 Å². The van der Waals surface area contributed by atoms with E-state index in [0.717, 1.165) is 30.4 Å². The standard InChI is InChI=1S/C14H12Cl2N2/c15-12-5-4-11-9-18(7-6-10(11)8-12)14-3-1-2-13(16)17-14/h1-5,8H,6-7,9H2. The minimum absolute atomic E-state index is 0.536. The van der Waals surface area contributed by atoms with Gasteiger partial charge in [0, 0.05) is 18.1 Å². The van der Waals surface area contributed by atoms with E-state index in [-0.39, 0.29) is 0 Å². The lowest BCUT2D eigenvalue weighted by Crippen LogP contribution is -2.30. The molecule has 2 heterocycles. The highest BCUT2D eigenvalue weighted by Crippen LogP contribution is 2.26. The fourth-order valence-corrected chi connectivity index (χ4v) is 2.64. The molecule has 3 rings (SSSR count). The first kappa shape index (κ1) is 11.8. The van der Waals surface area contributed by atoms with Crippen LogP contribution in [0.3, 0.4) is 0 Å². The van der Waals surface area contributed by atoms with E-state index in [2.05, 4.69) is 22.0 Å². The zero-order valence-electron chi connectivity index (χ0n) is 9.74. The van der Waals surface area contributed by atoms with E-state index < -0.39 is 0 Å². The minimum Gasteiger partial charge on any atom is -0.352 e. The van der Waals surface area contributed by atoms with Crippen molar-refractivity contribution in [2.24, 2.45) is 0 Å². The van der Waals surface area contributed by atoms with Crippen LogP contribution in [0.4, 0.5) is 5.82 Å². The smallest absolute Gasteiger partial charge is 0.131 e. The number of pyridine rings is 1. The summed E-state index contributed by atoms with van der Waals surface area (Å²) in [6, 6.07) is 11.8. The number of rotatable bonds is 1. The predicted molar refractivity (Wildman–Crippen MR) is 75.5 cm³/mol. The van der Waals surface area contributed by atoms with Gasteiger partial charge in [0.25, 0.3) is 0 Å². The van der Waals surface area contributed by atoms with Gasteiger partial charge in [-0.25, -0.2) is 4.98 Å². The molecule has 0 bridgehead atoms. The maximum atomic E-state index is 6.01. The van der Waals surface area contributed by atoms with Crippen LogP contribution in [0.1, 0.15) is 11.1 Å². The topological polar surface area (TPSA) is 16.1 Å². The summed E-state index contributed by atoms with van der Waals surface area (Å²) in [7, 11) is 0. The lowest BCUT2D eigenvalue weighted by molar-refractivity contribution is 0.721. The molecule has 1 aromatic heterocycles. The highest BCUT2D eigenvalue weighted by molar-refractivity contribution is 6.30. The van der Waals surface area contributed by atoms with Crippen molar-refractivity contribution in [3.63, 3.8) is 0 Å². The molecule has 92 valence electrons. The Balaban J connectivity index is 1.89. The first-order chi connectivity index (χ1) is 8.72. The molecule has 0 radical (unpaired) electrons. The molecule has 0 N–H and O–H groups in total. The van der Waals surface area contributed by atoms with Crippen LogP contribution in [0.25, 0.3) is 0 Å². The van der Waals surface area contributed by atoms with Crippen molar-refractivity contribution in [2.45, 2.75) is 13.0 Å². The molecule has 0 saturated heterocycles. The molecule has 0 unspecified atom stereocenters. The number of hydrogen-bond acceptors (Lipinski definition) is 2. The summed E-state index contributed by atoms with van der Waals surface area (Å²) in [5, 5.41) is 1.34. The molecule has 0 saturated carbocycles. The summed E-state index contributed by atoms with van der Waals surface area (Å²) < 4.78 is 0. The molecule has 1 aromatic carbocycles. The Morgan fingerprint density at radius 2 is 1.94 bits per heavy atom. The third-order valence-corrected chi connectivity index (χ3v) is 3.65. The Morgan fingerprint density at radius 3 is 2.78 bits per heavy atom. The molecule has 1 aliphatic heterocycles. The fraction of sp³-hybridized carbons (Fsp3) is 0.214. The Bertz CT molecular complexity index is 584. The van der Waals surface area contributed by atoms with Gasteiger partial charge in [-0.3, -0.25) is 0 Å². The van der Waals surface area contributed by atoms with Crippen molar-refractivity contribution in [1.29, 1.82) is 0 Å². The number of halogens is 2. The van der Waals surface area contributed by atoms with E-state index in [1.165, 1.54) is 11.1 Å². The maximum Gasteiger partial charge on any atom is 0.131 e. The quantitative estimate of drug-likeness (QED) is 0.735. The van der Waals surface area contributed by atoms with Crippen LogP contribution in [0.15, 0.2) is 36.4 Å². The molecule has 2 aromatic rings. The number of aromatic nitrogens is 1. The lowest BCUT2D eigenvalue weighted by Gasteiger charge is -2.29. The first-order valence-corrected chi connectivity index (χ1v) is 6.63. The summed E-state index contributed by atoms with van der Waals surface area (Å²) in [5.74, 6) is 0.933. The van der Waals surface area contributed by atoms with Crippen LogP contribution in [0.5, 0.6) is 0 Å². The third-order valence-electron chi connectivity index (χ3n) is 3.20. The largest absolute Gasteiger partial charge is 0.352 e. The fourth-order valence-electron chi connectivity index (χ4n) is 2.29. The lowest BCUT2D eigenvalue weighted by atomic mass is 10.00. The van der Waals surface area contributed by atoms with Crippen molar-refractivity contribution in [3.8, 4) is 0 Å². The van der Waals surface area contributed by atoms with Gasteiger partial charge in [-0.1, -0.05) is 35.3 Å². The average Bonchev–Trinajstić information content (AvgIpc) is 2.38. The molecule has 4 heteroatoms. The van der Waals surface area contributed by atoms with Gasteiger partial charge in [0.15, 0.2) is 0 Å². The predicted octanol–water partition coefficient (Wildman–Crippen LogP) is 3.95. The van der Waals surface area contributed by atoms with Gasteiger partial charge in [-0.2, -0.15) is 0 Å². The van der Waals surface area contributed by atoms with Crippen molar-refractivity contribution in [1.82, 2.24) is 4.98 Å². The van der Waals surface area contributed by atoms with Crippen LogP contribution in [-0.4, -0.2) is 11.5 Å². The number of benzene rings is 1. The zero-order chi connectivity index (χ0) is 12.5. The van der Waals surface area contributed by atoms with E-state index in [1.807, 2.05) is 18.2 Å². The summed E-state index contributed by atoms with van der Waals surface area (Å²) in [4.78, 5) is 6.59. The van der Waals surface area contributed by atoms with Gasteiger partial charge < -0.3 is 4.90 Å². The van der Waals surface area contributed by atoms with Crippen LogP contribution < -0.4 is 4.90 Å². The maximum absolute atomic E-state index is 6.01. The molecule has 0 aliphatic carbocycles. The SMILES string of the molecule is Clc1ccc2c(c1)CCN(c1cccc(Cl)n1)C2. The molecule has 2 nitrogen and oxygen atoms in total. The Hall–Kier alpha value is -1.25. The molecule has 0 atom stereocenters. The second kappa shape index (κ2) is 4.79. The van der Waals surface area contributed by atoms with E-state index >= 15 is 0 Å². The highest BCUT2D eigenvalue weighted by atomic mass is 35.5. The van der Waals surface area contributed by atoms with Crippen molar-refractivity contribution in [2.75, 3.05) is 11.4 Å². The zero-order valence-corrected chi connectivity index (χ0v) is 11.2. The van der Waals surface area contributed by atoms with Gasteiger partial charge >= 0.3 is 0 Å². The van der Waals surface area contributed by atoms with E-state index in [1.54, 1.807) is 6.07 Å². The van der Waals surface area contributed by atoms with Crippen LogP contribution in [0, 0.1) is 0 Å². The van der Waals surface area contributed by atoms with E-state index in [9.17, 15) is 0 Å². The Labute approximate surface area is 116 Å². The van der Waals surface area contributed by atoms with Gasteiger partial charge in [-0.15, -0.1) is 0 Å². The number of hydrogen-bond donors (Lipinski definition) is 0. The summed E-state index contributed by atoms with van der Waals surface area (Å²) in [6.07, 6.45) is 0.990.